The Kier molecular flexibility index (Phi) is 3.74. The summed E-state index contributed by atoms with van der Waals surface area (Å²) in [6, 6.07) is 9.64. The minimum Gasteiger partial charge on any atom is -0.399 e. The average Bonchev–Trinajstić information content (AvgIpc) is 3.28. The molecule has 0 aliphatic heterocycles. The van der Waals surface area contributed by atoms with E-state index in [1.807, 2.05) is 30.3 Å². The highest BCUT2D eigenvalue weighted by Crippen LogP contribution is 2.44. The molecule has 0 spiro atoms. The van der Waals surface area contributed by atoms with Crippen molar-refractivity contribution >= 4 is 23.0 Å². The molecule has 1 saturated carbocycles. The summed E-state index contributed by atoms with van der Waals surface area (Å²) in [7, 11) is 0. The van der Waals surface area contributed by atoms with Gasteiger partial charge in [0.05, 0.1) is 11.9 Å². The highest BCUT2D eigenvalue weighted by atomic mass is 35.5. The van der Waals surface area contributed by atoms with E-state index in [4.69, 9.17) is 23.1 Å². The van der Waals surface area contributed by atoms with Crippen molar-refractivity contribution in [1.29, 1.82) is 0 Å². The third kappa shape index (κ3) is 3.12. The number of aromatic nitrogens is 1. The highest BCUT2D eigenvalue weighted by Gasteiger charge is 2.40. The second-order valence-corrected chi connectivity index (χ2v) is 6.10. The first-order valence-corrected chi connectivity index (χ1v) is 7.45. The summed E-state index contributed by atoms with van der Waals surface area (Å²) in [4.78, 5) is 4.27. The van der Waals surface area contributed by atoms with Crippen LogP contribution in [-0.4, -0.2) is 18.1 Å². The fourth-order valence-electron chi connectivity index (χ4n) is 2.33. The fraction of sp³-hybridized carbons (Fsp3) is 0.312. The van der Waals surface area contributed by atoms with Gasteiger partial charge < -0.3 is 16.8 Å². The summed E-state index contributed by atoms with van der Waals surface area (Å²) in [5.41, 5.74) is 15.4. The molecule has 3 rings (SSSR count). The lowest BCUT2D eigenvalue weighted by molar-refractivity contribution is 0.556. The molecule has 2 aromatic rings. The molecule has 110 valence electrons. The predicted octanol–water partition coefficient (Wildman–Crippen LogP) is 3.14. The molecule has 0 saturated heterocycles. The van der Waals surface area contributed by atoms with Crippen molar-refractivity contribution in [2.75, 3.05) is 24.1 Å². The van der Waals surface area contributed by atoms with Gasteiger partial charge in [0.2, 0.25) is 0 Å². The van der Waals surface area contributed by atoms with Gasteiger partial charge in [0.25, 0.3) is 0 Å². The summed E-state index contributed by atoms with van der Waals surface area (Å²) in [6.07, 6.45) is 4.15. The lowest BCUT2D eigenvalue weighted by atomic mass is 10.1. The number of nitrogen functional groups attached to an aromatic ring is 1. The van der Waals surface area contributed by atoms with Crippen LogP contribution in [0.5, 0.6) is 0 Å². The molecule has 1 fully saturated rings. The van der Waals surface area contributed by atoms with Crippen LogP contribution in [0.4, 0.5) is 11.4 Å². The Labute approximate surface area is 129 Å². The Morgan fingerprint density at radius 1 is 1.24 bits per heavy atom. The maximum Gasteiger partial charge on any atom is 0.136 e. The first kappa shape index (κ1) is 14.2. The van der Waals surface area contributed by atoms with Gasteiger partial charge in [0.1, 0.15) is 5.15 Å². The van der Waals surface area contributed by atoms with E-state index in [0.717, 1.165) is 35.6 Å². The van der Waals surface area contributed by atoms with Crippen molar-refractivity contribution in [2.24, 2.45) is 11.1 Å². The molecule has 5 heteroatoms. The molecule has 1 aromatic carbocycles. The maximum absolute atomic E-state index is 6.21. The SMILES string of the molecule is NCC1(CNc2cnc(Cl)c(-c3ccc(N)cc3)c2)CC1. The summed E-state index contributed by atoms with van der Waals surface area (Å²) < 4.78 is 0. The van der Waals surface area contributed by atoms with Gasteiger partial charge in [0, 0.05) is 17.8 Å². The van der Waals surface area contributed by atoms with E-state index in [0.29, 0.717) is 5.15 Å². The number of nitrogens with zero attached hydrogens (tertiary/aromatic N) is 1. The van der Waals surface area contributed by atoms with Crippen LogP contribution in [0.25, 0.3) is 11.1 Å². The van der Waals surface area contributed by atoms with Crippen LogP contribution in [0.3, 0.4) is 0 Å². The Bertz CT molecular complexity index is 635. The van der Waals surface area contributed by atoms with E-state index in [9.17, 15) is 0 Å². The topological polar surface area (TPSA) is 77.0 Å². The van der Waals surface area contributed by atoms with Gasteiger partial charge in [-0.1, -0.05) is 23.7 Å². The molecule has 0 bridgehead atoms. The highest BCUT2D eigenvalue weighted by molar-refractivity contribution is 6.32. The number of hydrogen-bond acceptors (Lipinski definition) is 4. The molecular formula is C16H19ClN4. The zero-order valence-corrected chi connectivity index (χ0v) is 12.5. The van der Waals surface area contributed by atoms with Gasteiger partial charge in [-0.15, -0.1) is 0 Å². The number of halogens is 1. The summed E-state index contributed by atoms with van der Waals surface area (Å²) >= 11 is 6.21. The van der Waals surface area contributed by atoms with Crippen LogP contribution in [0.15, 0.2) is 36.5 Å². The van der Waals surface area contributed by atoms with Crippen molar-refractivity contribution in [1.82, 2.24) is 4.98 Å². The van der Waals surface area contributed by atoms with Gasteiger partial charge in [-0.2, -0.15) is 0 Å². The van der Waals surface area contributed by atoms with E-state index in [2.05, 4.69) is 10.3 Å². The van der Waals surface area contributed by atoms with Crippen LogP contribution >= 0.6 is 11.6 Å². The minimum atomic E-state index is 0.279. The maximum atomic E-state index is 6.21. The number of nitrogens with one attached hydrogen (secondary N) is 1. The van der Waals surface area contributed by atoms with E-state index >= 15 is 0 Å². The second-order valence-electron chi connectivity index (χ2n) is 5.74. The minimum absolute atomic E-state index is 0.279. The van der Waals surface area contributed by atoms with Crippen molar-refractivity contribution in [2.45, 2.75) is 12.8 Å². The normalized spacial score (nSPS) is 15.7. The number of hydrogen-bond donors (Lipinski definition) is 3. The Morgan fingerprint density at radius 3 is 2.57 bits per heavy atom. The van der Waals surface area contributed by atoms with Gasteiger partial charge in [-0.25, -0.2) is 4.98 Å². The van der Waals surface area contributed by atoms with Gasteiger partial charge in [0.15, 0.2) is 0 Å². The molecule has 1 aromatic heterocycles. The lowest BCUT2D eigenvalue weighted by Crippen LogP contribution is -2.24. The van der Waals surface area contributed by atoms with Gasteiger partial charge in [-0.05, 0) is 48.6 Å². The lowest BCUT2D eigenvalue weighted by Gasteiger charge is -2.15. The van der Waals surface area contributed by atoms with Crippen molar-refractivity contribution < 1.29 is 0 Å². The second kappa shape index (κ2) is 5.54. The Morgan fingerprint density at radius 2 is 1.95 bits per heavy atom. The van der Waals surface area contributed by atoms with E-state index in [1.165, 1.54) is 12.8 Å². The number of rotatable bonds is 5. The Hall–Kier alpha value is -1.78. The molecule has 4 nitrogen and oxygen atoms in total. The standard InChI is InChI=1S/C16H19ClN4/c17-15-14(11-1-3-12(19)4-2-11)7-13(8-20-15)21-10-16(9-18)5-6-16/h1-4,7-8,21H,5-6,9-10,18-19H2. The van der Waals surface area contributed by atoms with Crippen LogP contribution in [0, 0.1) is 5.41 Å². The van der Waals surface area contributed by atoms with Gasteiger partial charge >= 0.3 is 0 Å². The first-order valence-electron chi connectivity index (χ1n) is 7.07. The van der Waals surface area contributed by atoms with Crippen molar-refractivity contribution in [3.05, 3.63) is 41.7 Å². The van der Waals surface area contributed by atoms with Gasteiger partial charge in [-0.3, -0.25) is 0 Å². The third-order valence-electron chi connectivity index (χ3n) is 4.12. The number of nitrogens with two attached hydrogens (primary N) is 2. The monoisotopic (exact) mass is 302 g/mol. The molecule has 0 amide bonds. The smallest absolute Gasteiger partial charge is 0.136 e. The molecule has 0 unspecified atom stereocenters. The quantitative estimate of drug-likeness (QED) is 0.586. The largest absolute Gasteiger partial charge is 0.399 e. The van der Waals surface area contributed by atoms with E-state index < -0.39 is 0 Å². The van der Waals surface area contributed by atoms with Crippen molar-refractivity contribution in [3.8, 4) is 11.1 Å². The number of pyridine rings is 1. The molecule has 0 atom stereocenters. The van der Waals surface area contributed by atoms with Crippen LogP contribution < -0.4 is 16.8 Å². The average molecular weight is 303 g/mol. The van der Waals surface area contributed by atoms with Crippen LogP contribution in [0.1, 0.15) is 12.8 Å². The van der Waals surface area contributed by atoms with E-state index in [1.54, 1.807) is 6.20 Å². The number of anilines is 2. The molecule has 5 N–H and O–H groups in total. The zero-order valence-electron chi connectivity index (χ0n) is 11.8. The van der Waals surface area contributed by atoms with Crippen molar-refractivity contribution in [3.63, 3.8) is 0 Å². The number of benzene rings is 1. The zero-order chi connectivity index (χ0) is 14.9. The first-order chi connectivity index (χ1) is 10.1. The van der Waals surface area contributed by atoms with Crippen LogP contribution in [0.2, 0.25) is 5.15 Å². The predicted molar refractivity (Wildman–Crippen MR) is 88.3 cm³/mol. The molecule has 21 heavy (non-hydrogen) atoms. The van der Waals surface area contributed by atoms with E-state index in [-0.39, 0.29) is 5.41 Å². The fourth-order valence-corrected chi connectivity index (χ4v) is 2.54. The molecule has 1 aliphatic rings. The molecule has 1 aliphatic carbocycles. The summed E-state index contributed by atoms with van der Waals surface area (Å²) in [5.74, 6) is 0. The summed E-state index contributed by atoms with van der Waals surface area (Å²) in [6.45, 7) is 1.61. The summed E-state index contributed by atoms with van der Waals surface area (Å²) in [5, 5.41) is 3.91. The molecular weight excluding hydrogens is 284 g/mol. The molecule has 1 heterocycles. The van der Waals surface area contributed by atoms with Crippen LogP contribution in [-0.2, 0) is 0 Å². The molecule has 0 radical (unpaired) electrons. The third-order valence-corrected chi connectivity index (χ3v) is 4.42. The Balaban J connectivity index is 1.81.